The summed E-state index contributed by atoms with van der Waals surface area (Å²) in [6, 6.07) is 18.8. The number of aliphatic hydroxyl groups excluding tert-OH is 1. The first-order valence-electron chi connectivity index (χ1n) is 12.7. The van der Waals surface area contributed by atoms with Gasteiger partial charge in [0.25, 0.3) is 0 Å². The van der Waals surface area contributed by atoms with Gasteiger partial charge in [-0.3, -0.25) is 4.79 Å². The Morgan fingerprint density at radius 3 is 2.67 bits per heavy atom. The number of hydrogen-bond donors (Lipinski definition) is 3. The first-order valence-corrected chi connectivity index (χ1v) is 12.7. The lowest BCUT2D eigenvalue weighted by atomic mass is 9.91. The third-order valence-corrected chi connectivity index (χ3v) is 7.56. The Morgan fingerprint density at radius 1 is 1.14 bits per heavy atom. The van der Waals surface area contributed by atoms with E-state index in [1.54, 1.807) is 0 Å². The number of aliphatic carboxylic acids is 1. The zero-order chi connectivity index (χ0) is 25.6. The quantitative estimate of drug-likeness (QED) is 0.381. The van der Waals surface area contributed by atoms with Gasteiger partial charge >= 0.3 is 5.97 Å². The second-order valence-corrected chi connectivity index (χ2v) is 10.9. The summed E-state index contributed by atoms with van der Waals surface area (Å²) in [6.07, 6.45) is -0.394. The van der Waals surface area contributed by atoms with Crippen molar-refractivity contribution in [2.45, 2.75) is 63.9 Å². The van der Waals surface area contributed by atoms with E-state index in [4.69, 9.17) is 9.47 Å². The third kappa shape index (κ3) is 4.73. The Labute approximate surface area is 212 Å². The van der Waals surface area contributed by atoms with Gasteiger partial charge in [-0.15, -0.1) is 0 Å². The summed E-state index contributed by atoms with van der Waals surface area (Å²) in [6.45, 7) is 8.80. The number of β-amino-alcohol motifs (C(OH)–C–C–N with tert-alkyl or cyclic N) is 1. The van der Waals surface area contributed by atoms with Gasteiger partial charge in [0.05, 0.1) is 18.8 Å². The summed E-state index contributed by atoms with van der Waals surface area (Å²) in [7, 11) is 0. The number of rotatable bonds is 10. The molecule has 190 valence electrons. The van der Waals surface area contributed by atoms with Gasteiger partial charge in [0.1, 0.15) is 17.8 Å². The minimum absolute atomic E-state index is 0.111. The zero-order valence-corrected chi connectivity index (χ0v) is 21.3. The molecule has 0 bridgehead atoms. The maximum Gasteiger partial charge on any atom is 0.311 e. The third-order valence-electron chi connectivity index (χ3n) is 7.56. The molecule has 36 heavy (non-hydrogen) atoms. The van der Waals surface area contributed by atoms with Crippen molar-refractivity contribution >= 4 is 16.7 Å². The van der Waals surface area contributed by atoms with Crippen LogP contribution < -0.4 is 10.1 Å². The number of fused-ring (bicyclic) bond motifs is 4. The Kier molecular flexibility index (Phi) is 6.54. The number of aliphatic hydroxyl groups is 1. The monoisotopic (exact) mass is 489 g/mol. The summed E-state index contributed by atoms with van der Waals surface area (Å²) in [4.78, 5) is 11.5. The molecule has 1 saturated carbocycles. The Hall–Kier alpha value is -2.93. The first-order chi connectivity index (χ1) is 17.2. The lowest BCUT2D eigenvalue weighted by Crippen LogP contribution is -2.46. The molecule has 2 aliphatic rings. The molecular weight excluding hydrogens is 454 g/mol. The van der Waals surface area contributed by atoms with Crippen molar-refractivity contribution in [3.8, 4) is 5.75 Å². The fourth-order valence-electron chi connectivity index (χ4n) is 5.57. The van der Waals surface area contributed by atoms with Gasteiger partial charge < -0.3 is 25.0 Å². The van der Waals surface area contributed by atoms with Crippen LogP contribution in [0.3, 0.4) is 0 Å². The van der Waals surface area contributed by atoms with Gasteiger partial charge in [0.2, 0.25) is 0 Å². The molecule has 6 heteroatoms. The second kappa shape index (κ2) is 9.51. The molecule has 3 N–H and O–H groups in total. The number of nitrogens with one attached hydrogen (secondary N) is 1. The summed E-state index contributed by atoms with van der Waals surface area (Å²) >= 11 is 0. The van der Waals surface area contributed by atoms with E-state index in [1.807, 2.05) is 26.0 Å². The topological polar surface area (TPSA) is 88.0 Å². The molecule has 0 radical (unpaired) electrons. The summed E-state index contributed by atoms with van der Waals surface area (Å²) in [5.41, 5.74) is 3.99. The first kappa shape index (κ1) is 24.8. The molecular formula is C30H35NO5. The minimum atomic E-state index is -0.815. The average molecular weight is 490 g/mol. The molecule has 6 nitrogen and oxygen atoms in total. The van der Waals surface area contributed by atoms with Crippen LogP contribution in [0.4, 0.5) is 0 Å². The van der Waals surface area contributed by atoms with Gasteiger partial charge in [-0.1, -0.05) is 54.6 Å². The normalized spacial score (nSPS) is 22.0. The van der Waals surface area contributed by atoms with Crippen molar-refractivity contribution in [3.63, 3.8) is 0 Å². The molecule has 1 unspecified atom stereocenters. The maximum absolute atomic E-state index is 11.5. The highest BCUT2D eigenvalue weighted by Gasteiger charge is 2.64. The molecule has 0 spiro atoms. The van der Waals surface area contributed by atoms with Gasteiger partial charge in [0, 0.05) is 23.6 Å². The van der Waals surface area contributed by atoms with Crippen LogP contribution in [0, 0.1) is 12.8 Å². The fourth-order valence-corrected chi connectivity index (χ4v) is 5.57. The number of carboxylic acid groups (broad SMARTS) is 1. The van der Waals surface area contributed by atoms with Crippen LogP contribution >= 0.6 is 0 Å². The van der Waals surface area contributed by atoms with Crippen molar-refractivity contribution in [3.05, 3.63) is 76.9 Å². The number of aryl methyl sites for hydroxylation is 1. The van der Waals surface area contributed by atoms with Gasteiger partial charge in [0.15, 0.2) is 0 Å². The van der Waals surface area contributed by atoms with Gasteiger partial charge in [-0.05, 0) is 61.6 Å². The van der Waals surface area contributed by atoms with Crippen LogP contribution in [0.25, 0.3) is 10.8 Å². The highest BCUT2D eigenvalue weighted by molar-refractivity contribution is 5.85. The lowest BCUT2D eigenvalue weighted by Gasteiger charge is -2.29. The SMILES string of the molecule is Cc1ccc([C@@H](C)OCC(O)CNC(C)(C)Cc2cccc3ccccc23)c2c1O[C@@H]1[C@@H](C(=O)O)[C@H]21. The van der Waals surface area contributed by atoms with Crippen LogP contribution in [-0.4, -0.2) is 47.1 Å². The highest BCUT2D eigenvalue weighted by Crippen LogP contribution is 2.61. The van der Waals surface area contributed by atoms with E-state index in [0.717, 1.165) is 28.9 Å². The van der Waals surface area contributed by atoms with Crippen molar-refractivity contribution < 1.29 is 24.5 Å². The molecule has 0 saturated heterocycles. The highest BCUT2D eigenvalue weighted by atomic mass is 16.5. The molecule has 3 aromatic rings. The van der Waals surface area contributed by atoms with Crippen LogP contribution in [-0.2, 0) is 16.0 Å². The predicted molar refractivity (Wildman–Crippen MR) is 140 cm³/mol. The number of ether oxygens (including phenoxy) is 2. The maximum atomic E-state index is 11.5. The van der Waals surface area contributed by atoms with Crippen LogP contribution in [0.1, 0.15) is 55.0 Å². The molecule has 0 amide bonds. The van der Waals surface area contributed by atoms with E-state index in [0.29, 0.717) is 6.54 Å². The molecule has 5 rings (SSSR count). The smallest absolute Gasteiger partial charge is 0.311 e. The molecule has 1 aliphatic carbocycles. The molecule has 1 fully saturated rings. The number of carboxylic acids is 1. The van der Waals surface area contributed by atoms with Crippen molar-refractivity contribution in [1.82, 2.24) is 5.32 Å². The molecule has 1 aliphatic heterocycles. The second-order valence-electron chi connectivity index (χ2n) is 10.9. The van der Waals surface area contributed by atoms with E-state index in [1.165, 1.54) is 16.3 Å². The summed E-state index contributed by atoms with van der Waals surface area (Å²) in [5, 5.41) is 26.1. The van der Waals surface area contributed by atoms with E-state index in [9.17, 15) is 15.0 Å². The average Bonchev–Trinajstić information content (AvgIpc) is 3.43. The van der Waals surface area contributed by atoms with Crippen LogP contribution in [0.2, 0.25) is 0 Å². The largest absolute Gasteiger partial charge is 0.488 e. The Balaban J connectivity index is 1.18. The molecule has 3 aromatic carbocycles. The predicted octanol–water partition coefficient (Wildman–Crippen LogP) is 4.76. The molecule has 1 heterocycles. The van der Waals surface area contributed by atoms with Crippen molar-refractivity contribution in [2.24, 2.45) is 5.92 Å². The lowest BCUT2D eigenvalue weighted by molar-refractivity contribution is -0.139. The van der Waals surface area contributed by atoms with Crippen LogP contribution in [0.5, 0.6) is 5.75 Å². The number of hydrogen-bond acceptors (Lipinski definition) is 5. The zero-order valence-electron chi connectivity index (χ0n) is 21.3. The van der Waals surface area contributed by atoms with E-state index >= 15 is 0 Å². The van der Waals surface area contributed by atoms with E-state index in [2.05, 4.69) is 61.6 Å². The standard InChI is InChI=1S/C30H35NO5/c1-17-12-13-22(24-25-26(29(33)34)28(25)36-27(17)24)18(2)35-16-21(32)15-31-30(3,4)14-20-10-7-9-19-8-5-6-11-23(19)20/h5-13,18,21,25-26,28,31-32H,14-16H2,1-4H3,(H,33,34)/t18-,21?,25+,26+,28+/m1/s1. The molecule has 0 aromatic heterocycles. The van der Waals surface area contributed by atoms with Crippen molar-refractivity contribution in [1.29, 1.82) is 0 Å². The minimum Gasteiger partial charge on any atom is -0.488 e. The Morgan fingerprint density at radius 2 is 1.89 bits per heavy atom. The van der Waals surface area contributed by atoms with E-state index < -0.39 is 18.0 Å². The van der Waals surface area contributed by atoms with E-state index in [-0.39, 0.29) is 30.3 Å². The number of carbonyl (C=O) groups is 1. The van der Waals surface area contributed by atoms with Crippen molar-refractivity contribution in [2.75, 3.05) is 13.2 Å². The summed E-state index contributed by atoms with van der Waals surface area (Å²) < 4.78 is 12.0. The van der Waals surface area contributed by atoms with Crippen LogP contribution in [0.15, 0.2) is 54.6 Å². The van der Waals surface area contributed by atoms with Gasteiger partial charge in [-0.2, -0.15) is 0 Å². The number of benzene rings is 3. The molecule has 5 atom stereocenters. The van der Waals surface area contributed by atoms with Gasteiger partial charge in [-0.25, -0.2) is 0 Å². The fraction of sp³-hybridized carbons (Fsp3) is 0.433. The summed E-state index contributed by atoms with van der Waals surface area (Å²) in [5.74, 6) is -0.610. The Bertz CT molecular complexity index is 1280.